The van der Waals surface area contributed by atoms with Gasteiger partial charge >= 0.3 is 5.97 Å². The number of esters is 1. The van der Waals surface area contributed by atoms with Gasteiger partial charge in [-0.2, -0.15) is 0 Å². The number of aliphatic hydroxyl groups is 3. The number of phenols is 2. The molecular formula is C40H52O7. The average molecular weight is 645 g/mol. The van der Waals surface area contributed by atoms with Crippen molar-refractivity contribution in [3.63, 3.8) is 0 Å². The first kappa shape index (κ1) is 31.6. The van der Waals surface area contributed by atoms with Gasteiger partial charge in [-0.25, -0.2) is 0 Å². The van der Waals surface area contributed by atoms with Crippen LogP contribution in [0.25, 0.3) is 0 Å². The van der Waals surface area contributed by atoms with E-state index in [4.69, 9.17) is 4.74 Å². The van der Waals surface area contributed by atoms with E-state index in [1.54, 1.807) is 12.1 Å². The van der Waals surface area contributed by atoms with Crippen LogP contribution >= 0.6 is 0 Å². The summed E-state index contributed by atoms with van der Waals surface area (Å²) in [6.07, 6.45) is 9.68. The van der Waals surface area contributed by atoms with Gasteiger partial charge in [0.25, 0.3) is 0 Å². The van der Waals surface area contributed by atoms with Gasteiger partial charge in [0, 0.05) is 5.41 Å². The minimum atomic E-state index is -0.565. The van der Waals surface area contributed by atoms with Crippen LogP contribution in [0.5, 0.6) is 11.5 Å². The van der Waals surface area contributed by atoms with Crippen molar-refractivity contribution in [3.8, 4) is 11.5 Å². The number of phenolic OH excluding ortho intramolecular Hbond substituents is 2. The lowest BCUT2D eigenvalue weighted by Crippen LogP contribution is -2.46. The number of hydrogen-bond donors (Lipinski definition) is 5. The zero-order valence-corrected chi connectivity index (χ0v) is 27.9. The fourth-order valence-corrected chi connectivity index (χ4v) is 11.8. The molecule has 12 atom stereocenters. The number of carbonyl (C=O) groups is 1. The number of hydrogen-bond acceptors (Lipinski definition) is 7. The highest BCUT2D eigenvalue weighted by Gasteiger charge is 2.60. The van der Waals surface area contributed by atoms with Crippen molar-refractivity contribution in [2.24, 2.45) is 40.4 Å². The van der Waals surface area contributed by atoms with Crippen molar-refractivity contribution in [1.82, 2.24) is 0 Å². The Hall–Kier alpha value is -2.61. The van der Waals surface area contributed by atoms with Crippen LogP contribution < -0.4 is 0 Å². The zero-order chi connectivity index (χ0) is 32.8. The number of fused-ring (bicyclic) bond motifs is 10. The molecule has 0 amide bonds. The number of carbonyl (C=O) groups excluding carboxylic acids is 1. The molecule has 5 fully saturated rings. The predicted octanol–water partition coefficient (Wildman–Crippen LogP) is 6.12. The Kier molecular flexibility index (Phi) is 7.73. The normalized spacial score (nSPS) is 42.7. The number of benzene rings is 2. The molecule has 254 valence electrons. The van der Waals surface area contributed by atoms with Crippen LogP contribution in [0.1, 0.15) is 112 Å². The Morgan fingerprint density at radius 2 is 1.21 bits per heavy atom. The summed E-state index contributed by atoms with van der Waals surface area (Å²) in [5, 5.41) is 50.7. The molecule has 0 radical (unpaired) electrons. The monoisotopic (exact) mass is 644 g/mol. The van der Waals surface area contributed by atoms with Gasteiger partial charge in [-0.15, -0.1) is 0 Å². The second-order valence-corrected chi connectivity index (χ2v) is 16.9. The highest BCUT2D eigenvalue weighted by molar-refractivity contribution is 5.75. The molecule has 0 saturated heterocycles. The number of aromatic hydroxyl groups is 2. The van der Waals surface area contributed by atoms with Gasteiger partial charge in [0.15, 0.2) is 0 Å². The van der Waals surface area contributed by atoms with E-state index in [0.29, 0.717) is 47.0 Å². The third-order valence-corrected chi connectivity index (χ3v) is 14.5. The highest BCUT2D eigenvalue weighted by atomic mass is 16.6. The first-order chi connectivity index (χ1) is 22.5. The fourth-order valence-electron chi connectivity index (χ4n) is 11.8. The van der Waals surface area contributed by atoms with Gasteiger partial charge in [0.05, 0.1) is 24.2 Å². The molecule has 6 unspecified atom stereocenters. The van der Waals surface area contributed by atoms with Crippen molar-refractivity contribution >= 4 is 5.97 Å². The Labute approximate surface area is 278 Å². The van der Waals surface area contributed by atoms with E-state index in [1.165, 1.54) is 22.3 Å². The Bertz CT molecular complexity index is 1530. The minimum Gasteiger partial charge on any atom is -0.508 e. The number of aryl methyl sites for hydroxylation is 2. The largest absolute Gasteiger partial charge is 0.508 e. The Morgan fingerprint density at radius 3 is 1.77 bits per heavy atom. The Balaban J connectivity index is 0.000000141. The van der Waals surface area contributed by atoms with E-state index in [2.05, 4.69) is 26.0 Å². The molecule has 0 heterocycles. The van der Waals surface area contributed by atoms with Crippen molar-refractivity contribution in [2.75, 3.05) is 0 Å². The van der Waals surface area contributed by atoms with Crippen LogP contribution in [-0.2, 0) is 22.4 Å². The lowest BCUT2D eigenvalue weighted by atomic mass is 9.55. The van der Waals surface area contributed by atoms with E-state index in [9.17, 15) is 30.3 Å². The molecule has 7 aliphatic rings. The number of aliphatic hydroxyl groups excluding tert-OH is 3. The minimum absolute atomic E-state index is 0.0791. The molecule has 47 heavy (non-hydrogen) atoms. The summed E-state index contributed by atoms with van der Waals surface area (Å²) < 4.78 is 5.86. The smallest absolute Gasteiger partial charge is 0.309 e. The zero-order valence-electron chi connectivity index (χ0n) is 27.9. The molecule has 0 spiro atoms. The maximum Gasteiger partial charge on any atom is 0.309 e. The summed E-state index contributed by atoms with van der Waals surface area (Å²) in [7, 11) is 0. The second-order valence-electron chi connectivity index (χ2n) is 16.9. The van der Waals surface area contributed by atoms with Crippen molar-refractivity contribution in [2.45, 2.75) is 127 Å². The summed E-state index contributed by atoms with van der Waals surface area (Å²) in [6, 6.07) is 11.6. The van der Waals surface area contributed by atoms with Crippen LogP contribution in [-0.4, -0.2) is 55.9 Å². The fraction of sp³-hybridized carbons (Fsp3) is 0.675. The maximum absolute atomic E-state index is 12.2. The Morgan fingerprint density at radius 1 is 0.702 bits per heavy atom. The van der Waals surface area contributed by atoms with Gasteiger partial charge in [-0.05, 0) is 164 Å². The van der Waals surface area contributed by atoms with Crippen LogP contribution in [0, 0.1) is 40.4 Å². The van der Waals surface area contributed by atoms with Gasteiger partial charge in [0.1, 0.15) is 17.6 Å². The van der Waals surface area contributed by atoms with Gasteiger partial charge in [0.2, 0.25) is 0 Å². The standard InChI is InChI=1S/C22H28O4.C18H24O3/c1-22-9-8-16-15-7-5-14(23)10-13(15)4-6-17(16)18(22)11-19(24)20(22)26-21(25)12-2-3-12;1-18-7-6-13-12-5-3-11(19)8-10(12)2-4-14(13)15(18)9-16(20)17(18)21/h5,7,10,12,16-20,23-24H,2-4,6,8-9,11H2,1H3;3,5,8,13-17,19-21H,2,4,6-7,9H2,1H3/t16?,17?,18?,19-,20+,22+;13?,14?,15?,16-,17+,18+/m11/s1. The topological polar surface area (TPSA) is 127 Å². The molecule has 0 aromatic heterocycles. The van der Waals surface area contributed by atoms with Gasteiger partial charge < -0.3 is 30.3 Å². The SMILES string of the molecule is C[C@]12CCC3c4ccc(O)cc4CCC3C1C[C@@H](O)[C@@H]2O.C[C@]12CCC3c4ccc(O)cc4CCC3C1C[C@@H](O)[C@@H]2OC(=O)C1CC1. The molecule has 2 aromatic carbocycles. The van der Waals surface area contributed by atoms with Gasteiger partial charge in [-0.1, -0.05) is 26.0 Å². The van der Waals surface area contributed by atoms with E-state index in [1.807, 2.05) is 12.1 Å². The summed E-state index contributed by atoms with van der Waals surface area (Å²) in [5.74, 6) is 3.65. The van der Waals surface area contributed by atoms with Crippen molar-refractivity contribution in [1.29, 1.82) is 0 Å². The predicted molar refractivity (Wildman–Crippen MR) is 177 cm³/mol. The molecule has 7 nitrogen and oxygen atoms in total. The highest BCUT2D eigenvalue weighted by Crippen LogP contribution is 2.63. The van der Waals surface area contributed by atoms with E-state index >= 15 is 0 Å². The quantitative estimate of drug-likeness (QED) is 0.249. The summed E-state index contributed by atoms with van der Waals surface area (Å²) in [6.45, 7) is 4.41. The third-order valence-electron chi connectivity index (χ3n) is 14.5. The van der Waals surface area contributed by atoms with Crippen LogP contribution in [0.4, 0.5) is 0 Å². The molecule has 7 heteroatoms. The first-order valence-corrected chi connectivity index (χ1v) is 18.4. The molecule has 5 saturated carbocycles. The number of ether oxygens (including phenoxy) is 1. The van der Waals surface area contributed by atoms with Gasteiger partial charge in [-0.3, -0.25) is 4.79 Å². The summed E-state index contributed by atoms with van der Waals surface area (Å²) in [4.78, 5) is 12.2. The molecule has 9 rings (SSSR count). The maximum atomic E-state index is 12.2. The lowest BCUT2D eigenvalue weighted by molar-refractivity contribution is -0.165. The van der Waals surface area contributed by atoms with Crippen molar-refractivity contribution in [3.05, 3.63) is 58.7 Å². The van der Waals surface area contributed by atoms with Crippen LogP contribution in [0.3, 0.4) is 0 Å². The van der Waals surface area contributed by atoms with E-state index in [-0.39, 0.29) is 28.8 Å². The molecule has 7 aliphatic carbocycles. The lowest BCUT2D eigenvalue weighted by Gasteiger charge is -2.50. The van der Waals surface area contributed by atoms with Crippen LogP contribution in [0.15, 0.2) is 36.4 Å². The van der Waals surface area contributed by atoms with E-state index in [0.717, 1.165) is 77.0 Å². The van der Waals surface area contributed by atoms with E-state index < -0.39 is 18.3 Å². The molecule has 2 aromatic rings. The van der Waals surface area contributed by atoms with Crippen LogP contribution in [0.2, 0.25) is 0 Å². The summed E-state index contributed by atoms with van der Waals surface area (Å²) >= 11 is 0. The summed E-state index contributed by atoms with van der Waals surface area (Å²) in [5.41, 5.74) is 5.12. The molecule has 0 aliphatic heterocycles. The number of rotatable bonds is 2. The first-order valence-electron chi connectivity index (χ1n) is 18.4. The average Bonchev–Trinajstić information content (AvgIpc) is 3.84. The second kappa shape index (κ2) is 11.5. The van der Waals surface area contributed by atoms with Crippen molar-refractivity contribution < 1.29 is 35.1 Å². The molecular weight excluding hydrogens is 592 g/mol. The molecule has 5 N–H and O–H groups in total. The third kappa shape index (κ3) is 5.13. The molecule has 0 bridgehead atoms.